The molecule has 2 aliphatic heterocycles. The summed E-state index contributed by atoms with van der Waals surface area (Å²) in [7, 11) is 3.84. The first-order chi connectivity index (χ1) is 8.99. The number of hydrogen-bond acceptors (Lipinski definition) is 4. The maximum atomic E-state index is 12.2. The summed E-state index contributed by atoms with van der Waals surface area (Å²) in [5.41, 5.74) is 0. The van der Waals surface area contributed by atoms with Gasteiger partial charge in [-0.2, -0.15) is 0 Å². The Morgan fingerprint density at radius 3 is 2.53 bits per heavy atom. The second kappa shape index (κ2) is 5.88. The normalized spacial score (nSPS) is 31.6. The molecule has 6 heteroatoms. The molecule has 3 atom stereocenters. The van der Waals surface area contributed by atoms with Crippen molar-refractivity contribution in [2.45, 2.75) is 43.9 Å². The van der Waals surface area contributed by atoms with Gasteiger partial charge >= 0.3 is 5.97 Å². The zero-order valence-corrected chi connectivity index (χ0v) is 11.5. The maximum Gasteiger partial charge on any atom is 0.332 e. The van der Waals surface area contributed by atoms with Crippen LogP contribution in [-0.2, 0) is 14.3 Å². The van der Waals surface area contributed by atoms with Crippen molar-refractivity contribution in [3.63, 3.8) is 0 Å². The molecular weight excluding hydrogens is 248 g/mol. The first-order valence-corrected chi connectivity index (χ1v) is 6.82. The molecule has 0 aliphatic carbocycles. The lowest BCUT2D eigenvalue weighted by atomic mass is 10.1. The van der Waals surface area contributed by atoms with Gasteiger partial charge in [-0.15, -0.1) is 0 Å². The Kier molecular flexibility index (Phi) is 4.42. The standard InChI is InChI=1S/C13H22N2O4/c1-14-7-3-4-9(14)8-15(2)12(16)10-5-6-11(19-10)13(17)18/h9-11H,3-8H2,1-2H3,(H,17,18)/t9?,10-,11+/m0/s1. The highest BCUT2D eigenvalue weighted by molar-refractivity contribution is 5.82. The molecule has 108 valence electrons. The summed E-state index contributed by atoms with van der Waals surface area (Å²) in [6.45, 7) is 1.76. The van der Waals surface area contributed by atoms with E-state index >= 15 is 0 Å². The number of likely N-dealkylation sites (N-methyl/N-ethyl adjacent to an activating group) is 2. The van der Waals surface area contributed by atoms with Crippen molar-refractivity contribution in [3.05, 3.63) is 0 Å². The van der Waals surface area contributed by atoms with Crippen LogP contribution in [-0.4, -0.2) is 72.2 Å². The molecule has 0 bridgehead atoms. The monoisotopic (exact) mass is 270 g/mol. The molecular formula is C13H22N2O4. The third-order valence-corrected chi connectivity index (χ3v) is 4.10. The number of likely N-dealkylation sites (tertiary alicyclic amines) is 1. The van der Waals surface area contributed by atoms with E-state index in [4.69, 9.17) is 9.84 Å². The lowest BCUT2D eigenvalue weighted by Gasteiger charge is -2.27. The molecule has 6 nitrogen and oxygen atoms in total. The molecule has 1 amide bonds. The number of rotatable bonds is 4. The first-order valence-electron chi connectivity index (χ1n) is 6.82. The van der Waals surface area contributed by atoms with E-state index in [0.717, 1.165) is 13.0 Å². The zero-order valence-electron chi connectivity index (χ0n) is 11.5. The third kappa shape index (κ3) is 3.25. The zero-order chi connectivity index (χ0) is 14.0. The molecule has 2 fully saturated rings. The van der Waals surface area contributed by atoms with Gasteiger partial charge in [-0.1, -0.05) is 0 Å². The van der Waals surface area contributed by atoms with Gasteiger partial charge in [-0.3, -0.25) is 4.79 Å². The van der Waals surface area contributed by atoms with Gasteiger partial charge in [0, 0.05) is 19.6 Å². The molecule has 2 saturated heterocycles. The van der Waals surface area contributed by atoms with E-state index in [1.54, 1.807) is 11.9 Å². The predicted molar refractivity (Wildman–Crippen MR) is 68.8 cm³/mol. The fourth-order valence-electron chi connectivity index (χ4n) is 2.86. The van der Waals surface area contributed by atoms with Gasteiger partial charge in [0.2, 0.25) is 0 Å². The molecule has 0 aromatic rings. The second-order valence-electron chi connectivity index (χ2n) is 5.52. The van der Waals surface area contributed by atoms with Crippen molar-refractivity contribution >= 4 is 11.9 Å². The van der Waals surface area contributed by atoms with Gasteiger partial charge < -0.3 is 19.6 Å². The molecule has 2 aliphatic rings. The Hall–Kier alpha value is -1.14. The highest BCUT2D eigenvalue weighted by Crippen LogP contribution is 2.22. The van der Waals surface area contributed by atoms with Crippen LogP contribution in [0.5, 0.6) is 0 Å². The molecule has 0 aromatic heterocycles. The van der Waals surface area contributed by atoms with Crippen molar-refractivity contribution in [1.82, 2.24) is 9.80 Å². The fourth-order valence-corrected chi connectivity index (χ4v) is 2.86. The minimum atomic E-state index is -0.978. The molecule has 1 N–H and O–H groups in total. The number of carboxylic acids is 1. The number of amides is 1. The Morgan fingerprint density at radius 1 is 1.32 bits per heavy atom. The fraction of sp³-hybridized carbons (Fsp3) is 0.846. The van der Waals surface area contributed by atoms with Crippen molar-refractivity contribution < 1.29 is 19.4 Å². The lowest BCUT2D eigenvalue weighted by molar-refractivity contribution is -0.154. The van der Waals surface area contributed by atoms with E-state index in [9.17, 15) is 9.59 Å². The summed E-state index contributed by atoms with van der Waals surface area (Å²) in [4.78, 5) is 26.9. The van der Waals surface area contributed by atoms with Crippen molar-refractivity contribution in [1.29, 1.82) is 0 Å². The van der Waals surface area contributed by atoms with Gasteiger partial charge in [0.15, 0.2) is 6.10 Å². The number of aliphatic carboxylic acids is 1. The van der Waals surface area contributed by atoms with Crippen molar-refractivity contribution in [2.24, 2.45) is 0 Å². The number of ether oxygens (including phenoxy) is 1. The Bertz CT molecular complexity index is 361. The van der Waals surface area contributed by atoms with Crippen LogP contribution in [0.1, 0.15) is 25.7 Å². The van der Waals surface area contributed by atoms with Gasteiger partial charge in [0.1, 0.15) is 6.10 Å². The summed E-state index contributed by atoms with van der Waals surface area (Å²) in [6, 6.07) is 0.408. The largest absolute Gasteiger partial charge is 0.479 e. The van der Waals surface area contributed by atoms with Crippen LogP contribution in [0.25, 0.3) is 0 Å². The van der Waals surface area contributed by atoms with Crippen molar-refractivity contribution in [2.75, 3.05) is 27.2 Å². The van der Waals surface area contributed by atoms with E-state index in [1.165, 1.54) is 6.42 Å². The number of carbonyl (C=O) groups excluding carboxylic acids is 1. The minimum absolute atomic E-state index is 0.0935. The Morgan fingerprint density at radius 2 is 2.00 bits per heavy atom. The van der Waals surface area contributed by atoms with E-state index < -0.39 is 18.2 Å². The van der Waals surface area contributed by atoms with E-state index in [1.807, 2.05) is 0 Å². The smallest absolute Gasteiger partial charge is 0.332 e. The van der Waals surface area contributed by atoms with Crippen LogP contribution in [0.15, 0.2) is 0 Å². The second-order valence-corrected chi connectivity index (χ2v) is 5.52. The van der Waals surface area contributed by atoms with Crippen molar-refractivity contribution in [3.8, 4) is 0 Å². The van der Waals surface area contributed by atoms with Crippen LogP contribution in [0.3, 0.4) is 0 Å². The SMILES string of the molecule is CN(CC1CCCN1C)C(=O)[C@@H]1CC[C@H](C(=O)O)O1. The number of carbonyl (C=O) groups is 2. The summed E-state index contributed by atoms with van der Waals surface area (Å²) < 4.78 is 5.29. The van der Waals surface area contributed by atoms with Crippen LogP contribution in [0, 0.1) is 0 Å². The number of carboxylic acid groups (broad SMARTS) is 1. The molecule has 2 rings (SSSR count). The van der Waals surface area contributed by atoms with E-state index in [-0.39, 0.29) is 5.91 Å². The maximum absolute atomic E-state index is 12.2. The molecule has 0 saturated carbocycles. The van der Waals surface area contributed by atoms with Crippen LogP contribution in [0.4, 0.5) is 0 Å². The van der Waals surface area contributed by atoms with Crippen LogP contribution in [0.2, 0.25) is 0 Å². The highest BCUT2D eigenvalue weighted by atomic mass is 16.5. The summed E-state index contributed by atoms with van der Waals surface area (Å²) >= 11 is 0. The predicted octanol–water partition coefficient (Wildman–Crippen LogP) is 0.171. The lowest BCUT2D eigenvalue weighted by Crippen LogP contribution is -2.43. The molecule has 0 aromatic carbocycles. The quantitative estimate of drug-likeness (QED) is 0.788. The van der Waals surface area contributed by atoms with Crippen LogP contribution < -0.4 is 0 Å². The van der Waals surface area contributed by atoms with Gasteiger partial charge in [0.05, 0.1) is 0 Å². The average molecular weight is 270 g/mol. The Labute approximate surface area is 113 Å². The van der Waals surface area contributed by atoms with Gasteiger partial charge in [-0.05, 0) is 39.3 Å². The first kappa shape index (κ1) is 14.3. The average Bonchev–Trinajstić information content (AvgIpc) is 2.98. The minimum Gasteiger partial charge on any atom is -0.479 e. The van der Waals surface area contributed by atoms with Gasteiger partial charge in [-0.25, -0.2) is 4.79 Å². The summed E-state index contributed by atoms with van der Waals surface area (Å²) in [6.07, 6.45) is 1.79. The summed E-state index contributed by atoms with van der Waals surface area (Å²) in [5, 5.41) is 8.86. The topological polar surface area (TPSA) is 70.1 Å². The van der Waals surface area contributed by atoms with E-state index in [0.29, 0.717) is 25.4 Å². The molecule has 19 heavy (non-hydrogen) atoms. The molecule has 0 radical (unpaired) electrons. The highest BCUT2D eigenvalue weighted by Gasteiger charge is 2.36. The van der Waals surface area contributed by atoms with Crippen LogP contribution >= 0.6 is 0 Å². The number of hydrogen-bond donors (Lipinski definition) is 1. The number of nitrogens with zero attached hydrogens (tertiary/aromatic N) is 2. The Balaban J connectivity index is 1.84. The summed E-state index contributed by atoms with van der Waals surface area (Å²) in [5.74, 6) is -1.07. The molecule has 2 heterocycles. The molecule has 1 unspecified atom stereocenters. The van der Waals surface area contributed by atoms with E-state index in [2.05, 4.69) is 11.9 Å². The van der Waals surface area contributed by atoms with Gasteiger partial charge in [0.25, 0.3) is 5.91 Å². The third-order valence-electron chi connectivity index (χ3n) is 4.10. The molecule has 0 spiro atoms.